The van der Waals surface area contributed by atoms with Gasteiger partial charge in [-0.1, -0.05) is 12.2 Å². The van der Waals surface area contributed by atoms with Crippen LogP contribution in [0.25, 0.3) is 0 Å². The number of thiocarbonyl (C=S) groups is 1. The van der Waals surface area contributed by atoms with Gasteiger partial charge in [0.2, 0.25) is 0 Å². The average Bonchev–Trinajstić information content (AvgIpc) is 1.36. The smallest absolute Gasteiger partial charge is 0.363 e. The third kappa shape index (κ3) is 4.36. The molecule has 0 aromatic heterocycles. The fourth-order valence-corrected chi connectivity index (χ4v) is 0. The maximum atomic E-state index is 9.43. The van der Waals surface area contributed by atoms with Crippen LogP contribution in [0.3, 0.4) is 0 Å². The predicted molar refractivity (Wildman–Crippen MR) is 24.4 cm³/mol. The molecular formula is C2H3NO2RfS. The molecule has 0 bridgehead atoms. The van der Waals surface area contributed by atoms with Crippen molar-refractivity contribution in [1.82, 2.24) is 0 Å². The Kier molecular flexibility index (Phi) is 3.34. The van der Waals surface area contributed by atoms with Crippen molar-refractivity contribution in [2.75, 3.05) is 0 Å². The van der Waals surface area contributed by atoms with Gasteiger partial charge in [0.05, 0.1) is 0 Å². The molecule has 0 heterocycles. The van der Waals surface area contributed by atoms with E-state index in [-0.39, 0.29) is 0 Å². The molecule has 5 heteroatoms. The van der Waals surface area contributed by atoms with Crippen LogP contribution < -0.4 is 5.73 Å². The van der Waals surface area contributed by atoms with Crippen molar-refractivity contribution in [3.8, 4) is 0 Å². The van der Waals surface area contributed by atoms with Crippen molar-refractivity contribution in [1.29, 1.82) is 0 Å². The molecule has 0 fully saturated rings. The van der Waals surface area contributed by atoms with Gasteiger partial charge in [-0.15, -0.1) is 0 Å². The zero-order valence-electron chi connectivity index (χ0n) is 3.55. The van der Waals surface area contributed by atoms with Crippen LogP contribution in [0, 0.1) is 0 Å². The Balaban J connectivity index is 0. The summed E-state index contributed by atoms with van der Waals surface area (Å²) in [4.78, 5) is 8.94. The second-order valence-corrected chi connectivity index (χ2v) is 1.11. The first kappa shape index (κ1) is 9.03. The monoisotopic (exact) mass is 372 g/mol. The van der Waals surface area contributed by atoms with Gasteiger partial charge < -0.3 is 10.8 Å². The molecule has 0 radical (unpaired) electrons. The van der Waals surface area contributed by atoms with Gasteiger partial charge in [0, 0.05) is 0 Å². The molecule has 3 N–H and O–H groups in total. The maximum absolute atomic E-state index is 9.43. The van der Waals surface area contributed by atoms with E-state index in [1.165, 1.54) is 0 Å². The van der Waals surface area contributed by atoms with Crippen molar-refractivity contribution in [3.63, 3.8) is 0 Å². The maximum Gasteiger partial charge on any atom is 0.363 e. The fourth-order valence-electron chi connectivity index (χ4n) is 0. The van der Waals surface area contributed by atoms with E-state index < -0.39 is 11.0 Å². The number of carbonyl (C=O) groups is 1. The number of hydrogen-bond acceptors (Lipinski definition) is 2. The summed E-state index contributed by atoms with van der Waals surface area (Å²) in [5, 5.41) is 7.72. The van der Waals surface area contributed by atoms with Gasteiger partial charge in [-0.2, -0.15) is 0 Å². The van der Waals surface area contributed by atoms with Crippen LogP contribution in [0.4, 0.5) is 0 Å². The molecule has 0 aliphatic carbocycles. The van der Waals surface area contributed by atoms with Crippen LogP contribution in [-0.4, -0.2) is 16.1 Å². The topological polar surface area (TPSA) is 63.3 Å². The predicted octanol–water partition coefficient (Wildman–Crippen LogP) is -0.643. The Labute approximate surface area is 39.8 Å². The first-order valence-electron chi connectivity index (χ1n) is 1.17. The second-order valence-electron chi connectivity index (χ2n) is 0.669. The zero-order valence-corrected chi connectivity index (χ0v) is 10.8. The molecule has 3 nitrogen and oxygen atoms in total. The number of rotatable bonds is 0. The normalized spacial score (nSPS) is 6.29. The van der Waals surface area contributed by atoms with Crippen molar-refractivity contribution >= 4 is 23.2 Å². The van der Waals surface area contributed by atoms with Crippen molar-refractivity contribution < 1.29 is 9.90 Å². The largest absolute Gasteiger partial charge is 0.476 e. The van der Waals surface area contributed by atoms with Crippen molar-refractivity contribution in [2.24, 2.45) is 5.73 Å². The van der Waals surface area contributed by atoms with Gasteiger partial charge >= 0.3 is 5.97 Å². The van der Waals surface area contributed by atoms with Gasteiger partial charge in [0.25, 0.3) is 0 Å². The molecule has 7 heavy (non-hydrogen) atoms. The van der Waals surface area contributed by atoms with Crippen LogP contribution in [0.15, 0.2) is 0 Å². The third-order valence-corrected chi connectivity index (χ3v) is 0.385. The standard InChI is InChI=1S/C2H3NO2S.Rf/c3-1(6)2(4)5;/h(H2,3,6)(H,4,5);. The Morgan fingerprint density at radius 3 is 1.86 bits per heavy atom. The Bertz CT molecular complexity index is 81.7. The Hall–Kier alpha value is -1.64. The number of hydrogen-bond donors (Lipinski definition) is 2. The van der Waals surface area contributed by atoms with E-state index in [0.717, 1.165) is 0 Å². The summed E-state index contributed by atoms with van der Waals surface area (Å²) in [6, 6.07) is 0. The Morgan fingerprint density at radius 2 is 1.86 bits per heavy atom. The van der Waals surface area contributed by atoms with Crippen molar-refractivity contribution in [3.05, 3.63) is 0 Å². The average molecular weight is 372 g/mol. The molecule has 0 aliphatic heterocycles. The number of carboxylic acid groups (broad SMARTS) is 1. The summed E-state index contributed by atoms with van der Waals surface area (Å²) in [5.41, 5.74) is 4.57. The van der Waals surface area contributed by atoms with E-state index in [0.29, 0.717) is 0 Å². The first-order chi connectivity index (χ1) is 2.64. The van der Waals surface area contributed by atoms with Crippen molar-refractivity contribution in [2.45, 2.75) is 0 Å². The van der Waals surface area contributed by atoms with Crippen LogP contribution in [0.5, 0.6) is 0 Å². The minimum atomic E-state index is -1.23. The quantitative estimate of drug-likeness (QED) is 0.556. The van der Waals surface area contributed by atoms with Crippen LogP contribution >= 0.6 is 12.2 Å². The second kappa shape index (κ2) is 2.59. The summed E-state index contributed by atoms with van der Waals surface area (Å²) in [6.07, 6.45) is 0. The molecule has 0 spiro atoms. The summed E-state index contributed by atoms with van der Waals surface area (Å²) in [7, 11) is 0. The van der Waals surface area contributed by atoms with E-state index in [4.69, 9.17) is 5.11 Å². The molecule has 0 unspecified atom stereocenters. The van der Waals surface area contributed by atoms with E-state index in [2.05, 4.69) is 18.0 Å². The molecule has 0 aromatic rings. The van der Waals surface area contributed by atoms with Gasteiger partial charge in [-0.3, -0.25) is 0 Å². The SMILES string of the molecule is NC(=S)C(=O)O.[Rf]. The number of aliphatic carboxylic acids is 1. The third-order valence-electron chi connectivity index (χ3n) is 0.211. The molecule has 36 valence electrons. The minimum Gasteiger partial charge on any atom is -0.476 e. The van der Waals surface area contributed by atoms with Gasteiger partial charge in [-0.25, -0.2) is 4.79 Å². The minimum absolute atomic E-state index is 0. The van der Waals surface area contributed by atoms with Gasteiger partial charge in [-0.05, 0) is 0 Å². The van der Waals surface area contributed by atoms with E-state index in [9.17, 15) is 4.79 Å². The number of nitrogens with two attached hydrogens (primary N) is 1. The molecule has 0 atom stereocenters. The molecule has 0 rings (SSSR count). The molecule has 0 aromatic carbocycles. The van der Waals surface area contributed by atoms with Crippen LogP contribution in [0.2, 0.25) is 0 Å². The molecule has 0 saturated heterocycles. The van der Waals surface area contributed by atoms with E-state index >= 15 is 0 Å². The van der Waals surface area contributed by atoms with Crippen LogP contribution in [-0.2, 0) is 4.79 Å². The molecule has 0 saturated carbocycles. The fraction of sp³-hybridized carbons (Fsp3) is 0. The van der Waals surface area contributed by atoms with Gasteiger partial charge in [0.1, 0.15) is 0 Å². The number of carboxylic acids is 1. The molecule has 0 amide bonds. The molecule has 0 aliphatic rings. The first-order valence-corrected chi connectivity index (χ1v) is 1.58. The summed E-state index contributed by atoms with van der Waals surface area (Å²) in [5.74, 6) is -1.23. The zero-order chi connectivity index (χ0) is 5.15. The summed E-state index contributed by atoms with van der Waals surface area (Å²) in [6.45, 7) is 0. The van der Waals surface area contributed by atoms with E-state index in [1.54, 1.807) is 0 Å². The Morgan fingerprint density at radius 1 is 1.71 bits per heavy atom. The van der Waals surface area contributed by atoms with Crippen LogP contribution in [0.1, 0.15) is 0 Å². The summed E-state index contributed by atoms with van der Waals surface area (Å²) >= 11 is 4.00. The summed E-state index contributed by atoms with van der Waals surface area (Å²) < 4.78 is 0. The van der Waals surface area contributed by atoms with Gasteiger partial charge in [0.15, 0.2) is 4.99 Å². The molecular weight excluding hydrogens is 369 g/mol. The van der Waals surface area contributed by atoms with E-state index in [1.807, 2.05) is 0 Å².